The Bertz CT molecular complexity index is 932. The van der Waals surface area contributed by atoms with Crippen molar-refractivity contribution < 1.29 is 14.3 Å². The number of hydrogen-bond acceptors (Lipinski definition) is 4. The summed E-state index contributed by atoms with van der Waals surface area (Å²) in [7, 11) is 1.33. The number of hydrogen-bond donors (Lipinski definition) is 3. The molecular weight excluding hydrogens is 356 g/mol. The second kappa shape index (κ2) is 8.56. The number of ether oxygens (including phenoxy) is 1. The number of nitrogens with zero attached hydrogens (tertiary/aromatic N) is 1. The smallest absolute Gasteiger partial charge is 0.337 e. The van der Waals surface area contributed by atoms with Crippen LogP contribution >= 0.6 is 0 Å². The molecule has 3 rings (SSSR count). The first kappa shape index (κ1) is 19.4. The van der Waals surface area contributed by atoms with Gasteiger partial charge < -0.3 is 20.4 Å². The van der Waals surface area contributed by atoms with Crippen molar-refractivity contribution in [3.8, 4) is 0 Å². The van der Waals surface area contributed by atoms with Crippen LogP contribution in [0.2, 0.25) is 0 Å². The maximum absolute atomic E-state index is 12.6. The van der Waals surface area contributed by atoms with Gasteiger partial charge >= 0.3 is 12.0 Å². The molecule has 0 saturated heterocycles. The van der Waals surface area contributed by atoms with E-state index < -0.39 is 5.97 Å². The monoisotopic (exact) mass is 380 g/mol. The Morgan fingerprint density at radius 1 is 1.14 bits per heavy atom. The zero-order valence-corrected chi connectivity index (χ0v) is 16.2. The van der Waals surface area contributed by atoms with Gasteiger partial charge in [-0.2, -0.15) is 0 Å². The van der Waals surface area contributed by atoms with E-state index in [2.05, 4.69) is 39.2 Å². The van der Waals surface area contributed by atoms with E-state index in [0.29, 0.717) is 11.3 Å². The van der Waals surface area contributed by atoms with Crippen molar-refractivity contribution in [3.63, 3.8) is 0 Å². The summed E-state index contributed by atoms with van der Waals surface area (Å²) in [5, 5.41) is 5.80. The van der Waals surface area contributed by atoms with Crippen LogP contribution in [-0.4, -0.2) is 29.1 Å². The molecule has 146 valence electrons. The molecule has 3 N–H and O–H groups in total. The summed E-state index contributed by atoms with van der Waals surface area (Å²) >= 11 is 0. The van der Waals surface area contributed by atoms with Gasteiger partial charge in [0, 0.05) is 5.69 Å². The predicted octanol–water partition coefficient (Wildman–Crippen LogP) is 4.26. The van der Waals surface area contributed by atoms with Crippen LogP contribution < -0.4 is 10.6 Å². The summed E-state index contributed by atoms with van der Waals surface area (Å²) < 4.78 is 4.67. The molecule has 0 aliphatic heterocycles. The molecule has 0 radical (unpaired) electrons. The van der Waals surface area contributed by atoms with E-state index in [1.807, 2.05) is 24.3 Å². The van der Waals surface area contributed by atoms with E-state index in [1.165, 1.54) is 7.11 Å². The van der Waals surface area contributed by atoms with Crippen molar-refractivity contribution in [2.75, 3.05) is 12.4 Å². The summed E-state index contributed by atoms with van der Waals surface area (Å²) in [5.41, 5.74) is 2.81. The van der Waals surface area contributed by atoms with Gasteiger partial charge in [-0.1, -0.05) is 32.4 Å². The minimum atomic E-state index is -0.419. The lowest BCUT2D eigenvalue weighted by Crippen LogP contribution is -2.36. The molecule has 0 aliphatic rings. The van der Waals surface area contributed by atoms with Crippen molar-refractivity contribution in [2.24, 2.45) is 5.92 Å². The third-order valence-corrected chi connectivity index (χ3v) is 4.77. The van der Waals surface area contributed by atoms with Crippen LogP contribution in [-0.2, 0) is 4.74 Å². The number of imidazole rings is 1. The molecule has 0 bridgehead atoms. The summed E-state index contributed by atoms with van der Waals surface area (Å²) in [6.45, 7) is 4.15. The van der Waals surface area contributed by atoms with Gasteiger partial charge in [-0.05, 0) is 42.3 Å². The summed E-state index contributed by atoms with van der Waals surface area (Å²) in [4.78, 5) is 32.0. The lowest BCUT2D eigenvalue weighted by atomic mass is 9.99. The maximum atomic E-state index is 12.6. The highest BCUT2D eigenvalue weighted by Crippen LogP contribution is 2.24. The van der Waals surface area contributed by atoms with Crippen LogP contribution in [0.1, 0.15) is 42.5 Å². The van der Waals surface area contributed by atoms with Gasteiger partial charge in [0.2, 0.25) is 0 Å². The maximum Gasteiger partial charge on any atom is 0.337 e. The van der Waals surface area contributed by atoms with Gasteiger partial charge in [-0.25, -0.2) is 14.6 Å². The standard InChI is InChI=1S/C21H24N4O3/c1-4-13(2)18(19-23-16-7-5-6-8-17(16)24-19)25-21(27)22-15-11-9-14(10-12-15)20(26)28-3/h5-13,18H,4H2,1-3H3,(H,23,24)(H2,22,25,27). The number of carbonyl (C=O) groups excluding carboxylic acids is 2. The third kappa shape index (κ3) is 4.31. The minimum absolute atomic E-state index is 0.188. The zero-order chi connectivity index (χ0) is 20.1. The lowest BCUT2D eigenvalue weighted by Gasteiger charge is -2.22. The van der Waals surface area contributed by atoms with Crippen LogP contribution in [0.5, 0.6) is 0 Å². The van der Waals surface area contributed by atoms with E-state index in [0.717, 1.165) is 23.3 Å². The number of aromatic amines is 1. The number of urea groups is 1. The van der Waals surface area contributed by atoms with Crippen LogP contribution in [0.3, 0.4) is 0 Å². The van der Waals surface area contributed by atoms with E-state index in [9.17, 15) is 9.59 Å². The predicted molar refractivity (Wildman–Crippen MR) is 108 cm³/mol. The highest BCUT2D eigenvalue weighted by Gasteiger charge is 2.23. The molecule has 0 fully saturated rings. The van der Waals surface area contributed by atoms with Gasteiger partial charge in [0.1, 0.15) is 5.82 Å². The molecular formula is C21H24N4O3. The molecule has 3 aromatic rings. The highest BCUT2D eigenvalue weighted by molar-refractivity contribution is 5.92. The minimum Gasteiger partial charge on any atom is -0.465 e. The number of anilines is 1. The quantitative estimate of drug-likeness (QED) is 0.557. The molecule has 2 amide bonds. The number of amides is 2. The SMILES string of the molecule is CCC(C)C(NC(=O)Nc1ccc(C(=O)OC)cc1)c1nc2ccccc2[nH]1. The first-order valence-electron chi connectivity index (χ1n) is 9.22. The van der Waals surface area contributed by atoms with Crippen LogP contribution in [0, 0.1) is 5.92 Å². The average molecular weight is 380 g/mol. The number of methoxy groups -OCH3 is 1. The van der Waals surface area contributed by atoms with E-state index in [1.54, 1.807) is 24.3 Å². The molecule has 1 aromatic heterocycles. The van der Waals surface area contributed by atoms with Gasteiger partial charge in [0.25, 0.3) is 0 Å². The summed E-state index contributed by atoms with van der Waals surface area (Å²) in [5.74, 6) is 0.498. The molecule has 7 heteroatoms. The fourth-order valence-electron chi connectivity index (χ4n) is 2.95. The van der Waals surface area contributed by atoms with E-state index >= 15 is 0 Å². The van der Waals surface area contributed by atoms with Crippen LogP contribution in [0.4, 0.5) is 10.5 Å². The largest absolute Gasteiger partial charge is 0.465 e. The number of rotatable bonds is 6. The van der Waals surface area contributed by atoms with Gasteiger partial charge in [0.05, 0.1) is 29.7 Å². The molecule has 2 unspecified atom stereocenters. The molecule has 0 saturated carbocycles. The van der Waals surface area contributed by atoms with Crippen molar-refractivity contribution in [2.45, 2.75) is 26.3 Å². The van der Waals surface area contributed by atoms with Crippen LogP contribution in [0.15, 0.2) is 48.5 Å². The Hall–Kier alpha value is -3.35. The topological polar surface area (TPSA) is 96.1 Å². The number of aromatic nitrogens is 2. The first-order valence-corrected chi connectivity index (χ1v) is 9.22. The van der Waals surface area contributed by atoms with Crippen molar-refractivity contribution in [1.29, 1.82) is 0 Å². The Balaban J connectivity index is 1.73. The Labute approximate surface area is 163 Å². The lowest BCUT2D eigenvalue weighted by molar-refractivity contribution is 0.0600. The fourth-order valence-corrected chi connectivity index (χ4v) is 2.95. The Morgan fingerprint density at radius 3 is 2.50 bits per heavy atom. The molecule has 2 atom stereocenters. The molecule has 1 heterocycles. The van der Waals surface area contributed by atoms with Crippen molar-refractivity contribution in [3.05, 3.63) is 59.9 Å². The first-order chi connectivity index (χ1) is 13.5. The van der Waals surface area contributed by atoms with Crippen molar-refractivity contribution >= 4 is 28.7 Å². The third-order valence-electron chi connectivity index (χ3n) is 4.77. The molecule has 0 aliphatic carbocycles. The summed E-state index contributed by atoms with van der Waals surface area (Å²) in [6.07, 6.45) is 0.885. The summed E-state index contributed by atoms with van der Waals surface area (Å²) in [6, 6.07) is 13.7. The van der Waals surface area contributed by atoms with Gasteiger partial charge in [0.15, 0.2) is 0 Å². The zero-order valence-electron chi connectivity index (χ0n) is 16.2. The number of fused-ring (bicyclic) bond motifs is 1. The molecule has 2 aromatic carbocycles. The van der Waals surface area contributed by atoms with E-state index in [-0.39, 0.29) is 18.0 Å². The van der Waals surface area contributed by atoms with E-state index in [4.69, 9.17) is 0 Å². The Morgan fingerprint density at radius 2 is 1.86 bits per heavy atom. The van der Waals surface area contributed by atoms with Gasteiger partial charge in [-0.15, -0.1) is 0 Å². The second-order valence-corrected chi connectivity index (χ2v) is 6.67. The van der Waals surface area contributed by atoms with Crippen molar-refractivity contribution in [1.82, 2.24) is 15.3 Å². The number of carbonyl (C=O) groups is 2. The fraction of sp³-hybridized carbons (Fsp3) is 0.286. The van der Waals surface area contributed by atoms with Crippen LogP contribution in [0.25, 0.3) is 11.0 Å². The average Bonchev–Trinajstić information content (AvgIpc) is 3.15. The molecule has 7 nitrogen and oxygen atoms in total. The van der Waals surface area contributed by atoms with Gasteiger partial charge in [-0.3, -0.25) is 0 Å². The Kier molecular flexibility index (Phi) is 5.93. The number of esters is 1. The number of para-hydroxylation sites is 2. The normalized spacial score (nSPS) is 13.0. The highest BCUT2D eigenvalue weighted by atomic mass is 16.5. The number of benzene rings is 2. The second-order valence-electron chi connectivity index (χ2n) is 6.67. The number of H-pyrrole nitrogens is 1. The number of nitrogens with one attached hydrogen (secondary N) is 3. The molecule has 28 heavy (non-hydrogen) atoms. The molecule has 0 spiro atoms.